The first-order valence-electron chi connectivity index (χ1n) is 10.8. The predicted octanol–water partition coefficient (Wildman–Crippen LogP) is 4.41. The summed E-state index contributed by atoms with van der Waals surface area (Å²) in [6, 6.07) is 12.7. The normalized spacial score (nSPS) is 20.4. The van der Waals surface area contributed by atoms with Gasteiger partial charge in [-0.2, -0.15) is 0 Å². The summed E-state index contributed by atoms with van der Waals surface area (Å²) in [7, 11) is -2.99. The van der Waals surface area contributed by atoms with Crippen LogP contribution in [0, 0.1) is 17.8 Å². The molecule has 0 N–H and O–H groups in total. The molecule has 0 atom stereocenters. The van der Waals surface area contributed by atoms with E-state index in [1.165, 1.54) is 0 Å². The Kier molecular flexibility index (Phi) is 5.29. The van der Waals surface area contributed by atoms with E-state index in [2.05, 4.69) is 5.92 Å². The zero-order chi connectivity index (χ0) is 23.3. The number of rotatable bonds is 4. The maximum atomic E-state index is 13.3. The van der Waals surface area contributed by atoms with Crippen LogP contribution < -0.4 is 4.90 Å². The molecule has 166 valence electrons. The molecular weight excluding hydrogens is 422 g/mol. The largest absolute Gasteiger partial charge is 0.294 e. The average molecular weight is 450 g/mol. The molecule has 4 rings (SSSR count). The molecule has 1 amide bonds. The monoisotopic (exact) mass is 449 g/mol. The van der Waals surface area contributed by atoms with Crippen LogP contribution >= 0.6 is 0 Å². The van der Waals surface area contributed by atoms with Crippen molar-refractivity contribution in [3.8, 4) is 12.3 Å². The molecule has 0 saturated carbocycles. The Hall–Kier alpha value is -2.91. The fourth-order valence-corrected chi connectivity index (χ4v) is 6.41. The number of hydrogen-bond acceptors (Lipinski definition) is 4. The molecule has 0 bridgehead atoms. The lowest BCUT2D eigenvalue weighted by molar-refractivity contribution is -0.121. The van der Waals surface area contributed by atoms with Crippen molar-refractivity contribution in [3.05, 3.63) is 59.2 Å². The van der Waals surface area contributed by atoms with E-state index < -0.39 is 15.3 Å². The summed E-state index contributed by atoms with van der Waals surface area (Å²) in [6.07, 6.45) is 6.82. The minimum atomic E-state index is -2.99. The number of fused-ring (bicyclic) bond motifs is 1. The third kappa shape index (κ3) is 3.86. The predicted molar refractivity (Wildman–Crippen MR) is 126 cm³/mol. The van der Waals surface area contributed by atoms with Gasteiger partial charge in [-0.15, -0.1) is 6.42 Å². The van der Waals surface area contributed by atoms with Gasteiger partial charge in [-0.25, -0.2) is 8.42 Å². The number of Topliss-reactive ketones (excluding diaryl/α,β-unsaturated/α-hetero) is 1. The molecule has 1 fully saturated rings. The summed E-state index contributed by atoms with van der Waals surface area (Å²) in [5.74, 6) is 2.77. The van der Waals surface area contributed by atoms with Gasteiger partial charge in [0.15, 0.2) is 5.78 Å². The van der Waals surface area contributed by atoms with Gasteiger partial charge in [-0.05, 0) is 74.1 Å². The number of amides is 1. The van der Waals surface area contributed by atoms with Gasteiger partial charge in [0.2, 0.25) is 5.91 Å². The summed E-state index contributed by atoms with van der Waals surface area (Å²) >= 11 is 0. The molecule has 2 aromatic carbocycles. The van der Waals surface area contributed by atoms with E-state index in [0.717, 1.165) is 11.3 Å². The lowest BCUT2D eigenvalue weighted by Crippen LogP contribution is -2.33. The van der Waals surface area contributed by atoms with Crippen LogP contribution in [0.1, 0.15) is 61.5 Å². The first-order valence-corrected chi connectivity index (χ1v) is 12.6. The lowest BCUT2D eigenvalue weighted by atomic mass is 9.78. The highest BCUT2D eigenvalue weighted by Crippen LogP contribution is 2.46. The first kappa shape index (κ1) is 22.3. The molecule has 0 radical (unpaired) electrons. The van der Waals surface area contributed by atoms with E-state index in [4.69, 9.17) is 6.42 Å². The zero-order valence-electron chi connectivity index (χ0n) is 18.6. The number of hydrogen-bond donors (Lipinski definition) is 0. The highest BCUT2D eigenvalue weighted by Gasteiger charge is 2.45. The van der Waals surface area contributed by atoms with Crippen LogP contribution in [0.15, 0.2) is 42.5 Å². The Morgan fingerprint density at radius 3 is 2.44 bits per heavy atom. The number of carbonyl (C=O) groups is 2. The molecule has 2 heterocycles. The highest BCUT2D eigenvalue weighted by molar-refractivity contribution is 7.91. The topological polar surface area (TPSA) is 71.5 Å². The van der Waals surface area contributed by atoms with E-state index in [9.17, 15) is 18.0 Å². The second kappa shape index (κ2) is 7.60. The highest BCUT2D eigenvalue weighted by atomic mass is 32.2. The van der Waals surface area contributed by atoms with Gasteiger partial charge in [0.1, 0.15) is 9.84 Å². The number of nitrogens with zero attached hydrogens (tertiary/aromatic N) is 1. The third-order valence-electron chi connectivity index (χ3n) is 6.86. The molecule has 2 aromatic rings. The minimum Gasteiger partial charge on any atom is -0.294 e. The van der Waals surface area contributed by atoms with Crippen molar-refractivity contribution in [3.63, 3.8) is 0 Å². The van der Waals surface area contributed by atoms with Crippen LogP contribution in [0.2, 0.25) is 0 Å². The standard InChI is InChI=1S/C26H27NO4S/c1-5-18-7-6-8-20(15-18)27-22-10-9-19(16-21(22)25(2,3)24(27)29)23(28)17-26(4)11-13-32(30,31)14-12-26/h1,6-10,15-16H,11-14,17H2,2-4H3. The van der Waals surface area contributed by atoms with Gasteiger partial charge in [-0.3, -0.25) is 14.5 Å². The van der Waals surface area contributed by atoms with Crippen molar-refractivity contribution in [1.82, 2.24) is 0 Å². The molecule has 32 heavy (non-hydrogen) atoms. The van der Waals surface area contributed by atoms with Crippen LogP contribution in [0.3, 0.4) is 0 Å². The number of benzene rings is 2. The summed E-state index contributed by atoms with van der Waals surface area (Å²) in [4.78, 5) is 28.1. The Morgan fingerprint density at radius 2 is 1.78 bits per heavy atom. The van der Waals surface area contributed by atoms with Gasteiger partial charge in [0.05, 0.1) is 28.3 Å². The smallest absolute Gasteiger partial charge is 0.241 e. The molecule has 2 aliphatic heterocycles. The van der Waals surface area contributed by atoms with Gasteiger partial charge in [0.25, 0.3) is 0 Å². The average Bonchev–Trinajstić information content (AvgIpc) is 2.96. The van der Waals surface area contributed by atoms with Crippen molar-refractivity contribution in [2.24, 2.45) is 5.41 Å². The molecule has 2 aliphatic rings. The van der Waals surface area contributed by atoms with E-state index >= 15 is 0 Å². The van der Waals surface area contributed by atoms with Crippen molar-refractivity contribution >= 4 is 32.9 Å². The van der Waals surface area contributed by atoms with Crippen LogP contribution in [0.4, 0.5) is 11.4 Å². The number of ketones is 1. The van der Waals surface area contributed by atoms with Gasteiger partial charge in [-0.1, -0.05) is 18.9 Å². The fourth-order valence-electron chi connectivity index (χ4n) is 4.60. The van der Waals surface area contributed by atoms with Crippen molar-refractivity contribution in [1.29, 1.82) is 0 Å². The van der Waals surface area contributed by atoms with Crippen molar-refractivity contribution in [2.45, 2.75) is 45.4 Å². The molecule has 1 saturated heterocycles. The molecule has 6 heteroatoms. The van der Waals surface area contributed by atoms with Gasteiger partial charge >= 0.3 is 0 Å². The molecule has 5 nitrogen and oxygen atoms in total. The van der Waals surface area contributed by atoms with Gasteiger partial charge in [0, 0.05) is 17.5 Å². The Balaban J connectivity index is 1.65. The Labute approximate surface area is 189 Å². The van der Waals surface area contributed by atoms with E-state index in [1.54, 1.807) is 17.0 Å². The van der Waals surface area contributed by atoms with E-state index in [1.807, 2.05) is 51.1 Å². The molecule has 0 spiro atoms. The first-order chi connectivity index (χ1) is 15.0. The quantitative estimate of drug-likeness (QED) is 0.512. The summed E-state index contributed by atoms with van der Waals surface area (Å²) in [5.41, 5.74) is 2.38. The number of sulfone groups is 1. The van der Waals surface area contributed by atoms with E-state index in [0.29, 0.717) is 36.1 Å². The second-order valence-electron chi connectivity index (χ2n) is 9.75. The molecule has 0 unspecified atom stereocenters. The third-order valence-corrected chi connectivity index (χ3v) is 8.51. The minimum absolute atomic E-state index is 0.0226. The maximum Gasteiger partial charge on any atom is 0.241 e. The molecule has 0 aliphatic carbocycles. The Morgan fingerprint density at radius 1 is 1.09 bits per heavy atom. The SMILES string of the molecule is C#Cc1cccc(N2C(=O)C(C)(C)c3cc(C(=O)CC4(C)CCS(=O)(=O)CC4)ccc32)c1. The van der Waals surface area contributed by atoms with Crippen LogP contribution in [-0.2, 0) is 20.0 Å². The van der Waals surface area contributed by atoms with Crippen LogP contribution in [0.25, 0.3) is 0 Å². The summed E-state index contributed by atoms with van der Waals surface area (Å²) in [6.45, 7) is 5.71. The number of anilines is 2. The maximum absolute atomic E-state index is 13.3. The van der Waals surface area contributed by atoms with Crippen molar-refractivity contribution < 1.29 is 18.0 Å². The summed E-state index contributed by atoms with van der Waals surface area (Å²) in [5, 5.41) is 0. The van der Waals surface area contributed by atoms with E-state index in [-0.39, 0.29) is 28.6 Å². The number of terminal acetylenes is 1. The number of carbonyl (C=O) groups excluding carboxylic acids is 2. The Bertz CT molecular complexity index is 1250. The van der Waals surface area contributed by atoms with Crippen LogP contribution in [-0.4, -0.2) is 31.6 Å². The lowest BCUT2D eigenvalue weighted by Gasteiger charge is -2.32. The zero-order valence-corrected chi connectivity index (χ0v) is 19.5. The fraction of sp³-hybridized carbons (Fsp3) is 0.385. The molecule has 0 aromatic heterocycles. The molecular formula is C26H27NO4S. The van der Waals surface area contributed by atoms with Crippen LogP contribution in [0.5, 0.6) is 0 Å². The summed E-state index contributed by atoms with van der Waals surface area (Å²) < 4.78 is 23.6. The van der Waals surface area contributed by atoms with Crippen molar-refractivity contribution in [2.75, 3.05) is 16.4 Å². The van der Waals surface area contributed by atoms with Gasteiger partial charge < -0.3 is 0 Å². The second-order valence-corrected chi connectivity index (χ2v) is 12.1.